The smallest absolute Gasteiger partial charge is 0.230 e. The molecule has 2 aliphatic heterocycles. The number of thioether (sulfide) groups is 1. The summed E-state index contributed by atoms with van der Waals surface area (Å²) in [4.78, 5) is 11.8. The molecular weight excluding hydrogens is 284 g/mol. The molecule has 112 valence electrons. The number of halogens is 1. The van der Waals surface area contributed by atoms with Gasteiger partial charge in [0, 0.05) is 24.9 Å². The van der Waals surface area contributed by atoms with Crippen molar-refractivity contribution in [2.45, 2.75) is 44.2 Å². The van der Waals surface area contributed by atoms with Crippen LogP contribution in [0.25, 0.3) is 0 Å². The molecule has 2 aliphatic rings. The van der Waals surface area contributed by atoms with E-state index in [0.29, 0.717) is 17.9 Å². The molecule has 0 aliphatic carbocycles. The number of amides is 1. The third kappa shape index (κ3) is 6.84. The van der Waals surface area contributed by atoms with E-state index in [4.69, 9.17) is 4.74 Å². The monoisotopic (exact) mass is 308 g/mol. The van der Waals surface area contributed by atoms with E-state index >= 15 is 0 Å². The summed E-state index contributed by atoms with van der Waals surface area (Å²) in [5.74, 6) is 1.69. The second-order valence-electron chi connectivity index (χ2n) is 5.11. The van der Waals surface area contributed by atoms with Gasteiger partial charge in [-0.15, -0.1) is 24.2 Å². The highest BCUT2D eigenvalue weighted by molar-refractivity contribution is 7.99. The molecule has 2 rings (SSSR count). The molecule has 0 aromatic heterocycles. The van der Waals surface area contributed by atoms with Crippen molar-refractivity contribution in [2.75, 3.05) is 31.2 Å². The number of carbonyl (C=O) groups is 1. The molecule has 2 N–H and O–H groups in total. The van der Waals surface area contributed by atoms with Crippen molar-refractivity contribution in [3.63, 3.8) is 0 Å². The van der Waals surface area contributed by atoms with E-state index in [1.54, 1.807) is 11.8 Å². The lowest BCUT2D eigenvalue weighted by Gasteiger charge is -2.24. The Bertz CT molecular complexity index is 257. The Morgan fingerprint density at radius 1 is 1.32 bits per heavy atom. The molecule has 0 radical (unpaired) electrons. The highest BCUT2D eigenvalue weighted by atomic mass is 35.5. The Kier molecular flexibility index (Phi) is 8.86. The topological polar surface area (TPSA) is 50.4 Å². The normalized spacial score (nSPS) is 27.4. The van der Waals surface area contributed by atoms with Gasteiger partial charge in [-0.2, -0.15) is 0 Å². The summed E-state index contributed by atoms with van der Waals surface area (Å²) in [6, 6.07) is 0.331. The molecule has 6 heteroatoms. The van der Waals surface area contributed by atoms with Crippen molar-refractivity contribution in [3.8, 4) is 0 Å². The van der Waals surface area contributed by atoms with Crippen LogP contribution in [0, 0.1) is 0 Å². The van der Waals surface area contributed by atoms with Crippen LogP contribution in [0.3, 0.4) is 0 Å². The van der Waals surface area contributed by atoms with E-state index in [-0.39, 0.29) is 18.3 Å². The molecule has 0 spiro atoms. The molecule has 0 bridgehead atoms. The maximum Gasteiger partial charge on any atom is 0.230 e. The minimum absolute atomic E-state index is 0. The highest BCUT2D eigenvalue weighted by Crippen LogP contribution is 2.17. The standard InChI is InChI=1S/C13H24N2O2S.ClH/c16-13(15-11-4-3-6-14-8-11)10-18-9-12-5-1-2-7-17-12;/h11-12,14H,1-10H2,(H,15,16);1H/t11-,12?;/m0./s1. The molecule has 1 amide bonds. The maximum absolute atomic E-state index is 11.8. The first kappa shape index (κ1) is 17.1. The summed E-state index contributed by atoms with van der Waals surface area (Å²) in [6.45, 7) is 2.90. The van der Waals surface area contributed by atoms with Crippen molar-refractivity contribution in [3.05, 3.63) is 0 Å². The first-order valence-electron chi connectivity index (χ1n) is 7.04. The lowest BCUT2D eigenvalue weighted by atomic mass is 10.1. The average molecular weight is 309 g/mol. The van der Waals surface area contributed by atoms with Gasteiger partial charge >= 0.3 is 0 Å². The van der Waals surface area contributed by atoms with Crippen LogP contribution in [0.15, 0.2) is 0 Å². The molecule has 19 heavy (non-hydrogen) atoms. The van der Waals surface area contributed by atoms with E-state index in [1.807, 2.05) is 0 Å². The molecule has 2 atom stereocenters. The first-order valence-corrected chi connectivity index (χ1v) is 8.19. The van der Waals surface area contributed by atoms with Gasteiger partial charge < -0.3 is 15.4 Å². The number of rotatable bonds is 5. The molecule has 1 unspecified atom stereocenters. The molecule has 0 aromatic rings. The minimum atomic E-state index is 0. The van der Waals surface area contributed by atoms with E-state index < -0.39 is 0 Å². The van der Waals surface area contributed by atoms with Crippen molar-refractivity contribution < 1.29 is 9.53 Å². The summed E-state index contributed by atoms with van der Waals surface area (Å²) in [5.41, 5.74) is 0. The number of ether oxygens (including phenoxy) is 1. The highest BCUT2D eigenvalue weighted by Gasteiger charge is 2.17. The molecule has 2 heterocycles. The SMILES string of the molecule is Cl.O=C(CSCC1CCCCO1)N[C@H]1CCCNC1. The third-order valence-electron chi connectivity index (χ3n) is 3.47. The summed E-state index contributed by atoms with van der Waals surface area (Å²) in [6.07, 6.45) is 6.25. The number of hydrogen-bond donors (Lipinski definition) is 2. The van der Waals surface area contributed by atoms with Gasteiger partial charge in [0.05, 0.1) is 11.9 Å². The number of hydrogen-bond acceptors (Lipinski definition) is 4. The van der Waals surface area contributed by atoms with Crippen molar-refractivity contribution in [1.29, 1.82) is 0 Å². The second-order valence-corrected chi connectivity index (χ2v) is 6.14. The van der Waals surface area contributed by atoms with Crippen LogP contribution in [0.4, 0.5) is 0 Å². The van der Waals surface area contributed by atoms with E-state index in [0.717, 1.165) is 44.7 Å². The van der Waals surface area contributed by atoms with Crippen LogP contribution in [-0.2, 0) is 9.53 Å². The van der Waals surface area contributed by atoms with Crippen LogP contribution >= 0.6 is 24.2 Å². The van der Waals surface area contributed by atoms with Gasteiger partial charge in [-0.05, 0) is 38.6 Å². The zero-order valence-corrected chi connectivity index (χ0v) is 13.0. The predicted octanol–water partition coefficient (Wildman–Crippen LogP) is 1.58. The third-order valence-corrected chi connectivity index (χ3v) is 4.55. The van der Waals surface area contributed by atoms with Crippen LogP contribution in [0.2, 0.25) is 0 Å². The zero-order chi connectivity index (χ0) is 12.6. The van der Waals surface area contributed by atoms with Gasteiger partial charge in [-0.25, -0.2) is 0 Å². The van der Waals surface area contributed by atoms with Gasteiger partial charge in [0.15, 0.2) is 0 Å². The Balaban J connectivity index is 0.00000180. The minimum Gasteiger partial charge on any atom is -0.377 e. The van der Waals surface area contributed by atoms with Gasteiger partial charge in [0.1, 0.15) is 0 Å². The summed E-state index contributed by atoms with van der Waals surface area (Å²) in [7, 11) is 0. The average Bonchev–Trinajstić information content (AvgIpc) is 2.41. The fraction of sp³-hybridized carbons (Fsp3) is 0.923. The summed E-state index contributed by atoms with van der Waals surface area (Å²) < 4.78 is 5.65. The quantitative estimate of drug-likeness (QED) is 0.809. The summed E-state index contributed by atoms with van der Waals surface area (Å²) >= 11 is 1.70. The second kappa shape index (κ2) is 9.86. The Labute approximate surface area is 126 Å². The van der Waals surface area contributed by atoms with Gasteiger partial charge in [-0.3, -0.25) is 4.79 Å². The number of piperidine rings is 1. The Hall–Kier alpha value is 0.0300. The van der Waals surface area contributed by atoms with Gasteiger partial charge in [0.2, 0.25) is 5.91 Å². The molecule has 0 aromatic carbocycles. The molecule has 0 saturated carbocycles. The van der Waals surface area contributed by atoms with Crippen LogP contribution < -0.4 is 10.6 Å². The van der Waals surface area contributed by atoms with E-state index in [2.05, 4.69) is 10.6 Å². The van der Waals surface area contributed by atoms with E-state index in [1.165, 1.54) is 12.8 Å². The van der Waals surface area contributed by atoms with Crippen LogP contribution in [0.1, 0.15) is 32.1 Å². The molecular formula is C13H25ClN2O2S. The molecule has 4 nitrogen and oxygen atoms in total. The Morgan fingerprint density at radius 2 is 2.21 bits per heavy atom. The van der Waals surface area contributed by atoms with Gasteiger partial charge in [0.25, 0.3) is 0 Å². The Morgan fingerprint density at radius 3 is 2.89 bits per heavy atom. The molecule has 2 saturated heterocycles. The maximum atomic E-state index is 11.8. The van der Waals surface area contributed by atoms with Gasteiger partial charge in [-0.1, -0.05) is 0 Å². The van der Waals surface area contributed by atoms with Crippen LogP contribution in [-0.4, -0.2) is 49.3 Å². The first-order chi connectivity index (χ1) is 8.84. The fourth-order valence-corrected chi connectivity index (χ4v) is 3.38. The summed E-state index contributed by atoms with van der Waals surface area (Å²) in [5, 5.41) is 6.40. The number of carbonyl (C=O) groups excluding carboxylic acids is 1. The predicted molar refractivity (Wildman–Crippen MR) is 82.2 cm³/mol. The van der Waals surface area contributed by atoms with Crippen molar-refractivity contribution >= 4 is 30.1 Å². The largest absolute Gasteiger partial charge is 0.377 e. The number of nitrogens with one attached hydrogen (secondary N) is 2. The lowest BCUT2D eigenvalue weighted by molar-refractivity contribution is -0.119. The fourth-order valence-electron chi connectivity index (χ4n) is 2.47. The lowest BCUT2D eigenvalue weighted by Crippen LogP contribution is -2.46. The molecule has 2 fully saturated rings. The van der Waals surface area contributed by atoms with Crippen molar-refractivity contribution in [2.24, 2.45) is 0 Å². The van der Waals surface area contributed by atoms with Crippen LogP contribution in [0.5, 0.6) is 0 Å². The zero-order valence-electron chi connectivity index (χ0n) is 11.4. The van der Waals surface area contributed by atoms with Crippen molar-refractivity contribution in [1.82, 2.24) is 10.6 Å². The van der Waals surface area contributed by atoms with E-state index in [9.17, 15) is 4.79 Å².